The SMILES string of the molecule is NCCCOC1CCN(Cc2cccnc2Cl)CC1. The normalized spacial score (nSPS) is 17.8. The van der Waals surface area contributed by atoms with Gasteiger partial charge in [-0.3, -0.25) is 4.90 Å². The summed E-state index contributed by atoms with van der Waals surface area (Å²) >= 11 is 6.08. The lowest BCUT2D eigenvalue weighted by atomic mass is 10.1. The number of pyridine rings is 1. The third-order valence-corrected chi connectivity index (χ3v) is 3.81. The van der Waals surface area contributed by atoms with Gasteiger partial charge in [-0.25, -0.2) is 4.98 Å². The minimum absolute atomic E-state index is 0.396. The van der Waals surface area contributed by atoms with Gasteiger partial charge in [-0.15, -0.1) is 0 Å². The lowest BCUT2D eigenvalue weighted by Crippen LogP contribution is -2.36. The second-order valence-corrected chi connectivity index (χ2v) is 5.30. The third-order valence-electron chi connectivity index (χ3n) is 3.47. The molecule has 0 spiro atoms. The Kier molecular flexibility index (Phi) is 6.04. The maximum absolute atomic E-state index is 6.08. The van der Waals surface area contributed by atoms with Crippen LogP contribution in [0.15, 0.2) is 18.3 Å². The van der Waals surface area contributed by atoms with E-state index in [4.69, 9.17) is 22.1 Å². The molecule has 2 rings (SSSR count). The molecule has 0 aromatic carbocycles. The second-order valence-electron chi connectivity index (χ2n) is 4.94. The van der Waals surface area contributed by atoms with Gasteiger partial charge in [-0.2, -0.15) is 0 Å². The van der Waals surface area contributed by atoms with Crippen molar-refractivity contribution in [1.29, 1.82) is 0 Å². The monoisotopic (exact) mass is 283 g/mol. The van der Waals surface area contributed by atoms with E-state index in [1.165, 1.54) is 0 Å². The largest absolute Gasteiger partial charge is 0.378 e. The van der Waals surface area contributed by atoms with E-state index in [0.29, 0.717) is 17.8 Å². The summed E-state index contributed by atoms with van der Waals surface area (Å²) in [4.78, 5) is 6.52. The van der Waals surface area contributed by atoms with Crippen molar-refractivity contribution in [2.45, 2.75) is 31.9 Å². The zero-order chi connectivity index (χ0) is 13.5. The predicted molar refractivity (Wildman–Crippen MR) is 77.2 cm³/mol. The third kappa shape index (κ3) is 4.73. The van der Waals surface area contributed by atoms with Crippen LogP contribution in [-0.2, 0) is 11.3 Å². The van der Waals surface area contributed by atoms with Crippen LogP contribution in [-0.4, -0.2) is 42.2 Å². The average Bonchev–Trinajstić information content (AvgIpc) is 2.44. The number of piperidine rings is 1. The molecule has 2 N–H and O–H groups in total. The summed E-state index contributed by atoms with van der Waals surface area (Å²) < 4.78 is 5.80. The highest BCUT2D eigenvalue weighted by Gasteiger charge is 2.20. The predicted octanol–water partition coefficient (Wildman–Crippen LogP) is 2.06. The van der Waals surface area contributed by atoms with Crippen molar-refractivity contribution >= 4 is 11.6 Å². The van der Waals surface area contributed by atoms with Crippen LogP contribution in [0.5, 0.6) is 0 Å². The summed E-state index contributed by atoms with van der Waals surface area (Å²) in [5.74, 6) is 0. The number of hydrogen-bond donors (Lipinski definition) is 1. The molecule has 1 saturated heterocycles. The van der Waals surface area contributed by atoms with Gasteiger partial charge in [0, 0.05) is 38.0 Å². The minimum atomic E-state index is 0.396. The van der Waals surface area contributed by atoms with Crippen LogP contribution >= 0.6 is 11.6 Å². The Hall–Kier alpha value is -0.680. The number of nitrogens with zero attached hydrogens (tertiary/aromatic N) is 2. The Bertz CT molecular complexity index is 381. The van der Waals surface area contributed by atoms with E-state index in [2.05, 4.69) is 9.88 Å². The van der Waals surface area contributed by atoms with Crippen LogP contribution in [0.1, 0.15) is 24.8 Å². The number of hydrogen-bond acceptors (Lipinski definition) is 4. The summed E-state index contributed by atoms with van der Waals surface area (Å²) in [5.41, 5.74) is 6.56. The van der Waals surface area contributed by atoms with E-state index < -0.39 is 0 Å². The molecular formula is C14H22ClN3O. The summed E-state index contributed by atoms with van der Waals surface area (Å²) in [7, 11) is 0. The maximum Gasteiger partial charge on any atom is 0.133 e. The van der Waals surface area contributed by atoms with Crippen LogP contribution in [0.3, 0.4) is 0 Å². The van der Waals surface area contributed by atoms with Crippen LogP contribution in [0.25, 0.3) is 0 Å². The first-order valence-corrected chi connectivity index (χ1v) is 7.31. The Labute approximate surface area is 119 Å². The van der Waals surface area contributed by atoms with E-state index in [1.807, 2.05) is 12.1 Å². The molecule has 0 amide bonds. The number of nitrogens with two attached hydrogens (primary N) is 1. The van der Waals surface area contributed by atoms with E-state index in [1.54, 1.807) is 6.20 Å². The molecule has 0 unspecified atom stereocenters. The molecule has 1 aliphatic heterocycles. The highest BCUT2D eigenvalue weighted by molar-refractivity contribution is 6.30. The van der Waals surface area contributed by atoms with Crippen LogP contribution in [0.2, 0.25) is 5.15 Å². The average molecular weight is 284 g/mol. The Morgan fingerprint density at radius 2 is 2.21 bits per heavy atom. The van der Waals surface area contributed by atoms with Crippen LogP contribution in [0.4, 0.5) is 0 Å². The summed E-state index contributed by atoms with van der Waals surface area (Å²) in [6.45, 7) is 4.48. The van der Waals surface area contributed by atoms with Crippen molar-refractivity contribution in [3.8, 4) is 0 Å². The van der Waals surface area contributed by atoms with Gasteiger partial charge in [-0.05, 0) is 31.9 Å². The fraction of sp³-hybridized carbons (Fsp3) is 0.643. The van der Waals surface area contributed by atoms with E-state index in [9.17, 15) is 0 Å². The summed E-state index contributed by atoms with van der Waals surface area (Å²) in [5, 5.41) is 0.615. The van der Waals surface area contributed by atoms with Gasteiger partial charge in [0.15, 0.2) is 0 Å². The molecule has 0 bridgehead atoms. The van der Waals surface area contributed by atoms with E-state index in [0.717, 1.165) is 51.1 Å². The van der Waals surface area contributed by atoms with E-state index in [-0.39, 0.29) is 0 Å². The molecule has 1 aromatic rings. The molecule has 19 heavy (non-hydrogen) atoms. The Balaban J connectivity index is 1.73. The van der Waals surface area contributed by atoms with Crippen molar-refractivity contribution in [2.75, 3.05) is 26.2 Å². The zero-order valence-corrected chi connectivity index (χ0v) is 12.0. The lowest BCUT2D eigenvalue weighted by Gasteiger charge is -2.32. The standard InChI is InChI=1S/C14H22ClN3O/c15-14-12(3-1-7-17-14)11-18-8-4-13(5-9-18)19-10-2-6-16/h1,3,7,13H,2,4-6,8-11,16H2. The van der Waals surface area contributed by atoms with Gasteiger partial charge in [0.25, 0.3) is 0 Å². The second kappa shape index (κ2) is 7.80. The molecule has 4 nitrogen and oxygen atoms in total. The molecule has 1 aromatic heterocycles. The molecule has 0 radical (unpaired) electrons. The minimum Gasteiger partial charge on any atom is -0.378 e. The maximum atomic E-state index is 6.08. The van der Waals surface area contributed by atoms with Crippen LogP contribution in [0, 0.1) is 0 Å². The number of aromatic nitrogens is 1. The molecular weight excluding hydrogens is 262 g/mol. The van der Waals surface area contributed by atoms with Gasteiger partial charge in [-0.1, -0.05) is 17.7 Å². The topological polar surface area (TPSA) is 51.4 Å². The first-order chi connectivity index (χ1) is 9.29. The van der Waals surface area contributed by atoms with Crippen LogP contribution < -0.4 is 5.73 Å². The molecule has 2 heterocycles. The van der Waals surface area contributed by atoms with Gasteiger partial charge in [0.2, 0.25) is 0 Å². The molecule has 1 fully saturated rings. The molecule has 1 aliphatic rings. The molecule has 0 saturated carbocycles. The fourth-order valence-electron chi connectivity index (χ4n) is 2.35. The van der Waals surface area contributed by atoms with Gasteiger partial charge < -0.3 is 10.5 Å². The van der Waals surface area contributed by atoms with Crippen molar-refractivity contribution < 1.29 is 4.74 Å². The summed E-state index contributed by atoms with van der Waals surface area (Å²) in [6, 6.07) is 3.98. The van der Waals surface area contributed by atoms with E-state index >= 15 is 0 Å². The van der Waals surface area contributed by atoms with Crippen molar-refractivity contribution in [2.24, 2.45) is 5.73 Å². The summed E-state index contributed by atoms with van der Waals surface area (Å²) in [6.07, 6.45) is 5.24. The van der Waals surface area contributed by atoms with Crippen molar-refractivity contribution in [1.82, 2.24) is 9.88 Å². The van der Waals surface area contributed by atoms with Gasteiger partial charge >= 0.3 is 0 Å². The van der Waals surface area contributed by atoms with Crippen molar-refractivity contribution in [3.63, 3.8) is 0 Å². The number of ether oxygens (including phenoxy) is 1. The first-order valence-electron chi connectivity index (χ1n) is 6.93. The highest BCUT2D eigenvalue weighted by Crippen LogP contribution is 2.19. The Morgan fingerprint density at radius 3 is 2.89 bits per heavy atom. The molecule has 5 heteroatoms. The van der Waals surface area contributed by atoms with Gasteiger partial charge in [0.05, 0.1) is 6.10 Å². The Morgan fingerprint density at radius 1 is 1.42 bits per heavy atom. The lowest BCUT2D eigenvalue weighted by molar-refractivity contribution is 0.00562. The number of rotatable bonds is 6. The highest BCUT2D eigenvalue weighted by atomic mass is 35.5. The molecule has 0 atom stereocenters. The van der Waals surface area contributed by atoms with Gasteiger partial charge in [0.1, 0.15) is 5.15 Å². The first kappa shape index (κ1) is 14.7. The quantitative estimate of drug-likeness (QED) is 0.641. The molecule has 0 aliphatic carbocycles. The van der Waals surface area contributed by atoms with Crippen molar-refractivity contribution in [3.05, 3.63) is 29.0 Å². The zero-order valence-electron chi connectivity index (χ0n) is 11.2. The smallest absolute Gasteiger partial charge is 0.133 e. The number of halogens is 1. The molecule has 106 valence electrons. The number of likely N-dealkylation sites (tertiary alicyclic amines) is 1. The fourth-order valence-corrected chi connectivity index (χ4v) is 2.52.